The summed E-state index contributed by atoms with van der Waals surface area (Å²) >= 11 is 1.67. The minimum absolute atomic E-state index is 0.176. The molecule has 2 aromatic heterocycles. The number of carbonyl (C=O) groups is 1. The van der Waals surface area contributed by atoms with Crippen molar-refractivity contribution in [3.8, 4) is 6.07 Å². The summed E-state index contributed by atoms with van der Waals surface area (Å²) in [5.41, 5.74) is 0.716. The van der Waals surface area contributed by atoms with Crippen LogP contribution in [0.1, 0.15) is 20.9 Å². The highest BCUT2D eigenvalue weighted by molar-refractivity contribution is 7.09. The van der Waals surface area contributed by atoms with Crippen molar-refractivity contribution in [1.29, 1.82) is 5.26 Å². The number of hydrogen-bond acceptors (Lipinski definition) is 4. The molecular formula is C13H11N3OS. The molecule has 5 heteroatoms. The quantitative estimate of drug-likeness (QED) is 0.910. The molecule has 4 nitrogen and oxygen atoms in total. The Morgan fingerprint density at radius 2 is 2.39 bits per heavy atom. The van der Waals surface area contributed by atoms with Gasteiger partial charge in [-0.05, 0) is 30.0 Å². The van der Waals surface area contributed by atoms with E-state index in [0.29, 0.717) is 12.1 Å². The van der Waals surface area contributed by atoms with Crippen LogP contribution in [0.2, 0.25) is 0 Å². The molecule has 0 aliphatic rings. The van der Waals surface area contributed by atoms with E-state index >= 15 is 0 Å². The number of carbonyl (C=O) groups excluding carboxylic acids is 1. The maximum Gasteiger partial charge on any atom is 0.251 e. The Bertz CT molecular complexity index is 572. The van der Waals surface area contributed by atoms with Crippen LogP contribution in [0.15, 0.2) is 35.8 Å². The summed E-state index contributed by atoms with van der Waals surface area (Å²) in [5, 5.41) is 13.5. The Hall–Kier alpha value is -2.19. The summed E-state index contributed by atoms with van der Waals surface area (Å²) in [5.74, 6) is -0.176. The van der Waals surface area contributed by atoms with E-state index in [4.69, 9.17) is 5.26 Å². The maximum atomic E-state index is 11.8. The molecule has 0 aliphatic carbocycles. The van der Waals surface area contributed by atoms with Crippen LogP contribution < -0.4 is 5.32 Å². The van der Waals surface area contributed by atoms with Crippen LogP contribution in [0, 0.1) is 11.3 Å². The van der Waals surface area contributed by atoms with E-state index in [1.165, 1.54) is 17.1 Å². The topological polar surface area (TPSA) is 65.8 Å². The van der Waals surface area contributed by atoms with Crippen molar-refractivity contribution in [3.05, 3.63) is 52.0 Å². The summed E-state index contributed by atoms with van der Waals surface area (Å²) in [6, 6.07) is 9.03. The fraction of sp³-hybridized carbons (Fsp3) is 0.154. The number of amides is 1. The van der Waals surface area contributed by atoms with Gasteiger partial charge in [-0.3, -0.25) is 4.79 Å². The van der Waals surface area contributed by atoms with Gasteiger partial charge >= 0.3 is 0 Å². The molecule has 0 aromatic carbocycles. The van der Waals surface area contributed by atoms with E-state index in [9.17, 15) is 4.79 Å². The highest BCUT2D eigenvalue weighted by Crippen LogP contribution is 2.08. The normalized spacial score (nSPS) is 9.72. The molecule has 0 bridgehead atoms. The number of nitrogens with one attached hydrogen (secondary N) is 1. The first-order valence-electron chi connectivity index (χ1n) is 5.46. The van der Waals surface area contributed by atoms with E-state index < -0.39 is 0 Å². The predicted octanol–water partition coefficient (Wildman–Crippen LogP) is 1.99. The number of aromatic nitrogens is 1. The van der Waals surface area contributed by atoms with Gasteiger partial charge in [0.2, 0.25) is 0 Å². The molecule has 2 aromatic rings. The lowest BCUT2D eigenvalue weighted by Crippen LogP contribution is -2.25. The average Bonchev–Trinajstić information content (AvgIpc) is 2.92. The van der Waals surface area contributed by atoms with Gasteiger partial charge in [0.15, 0.2) is 0 Å². The van der Waals surface area contributed by atoms with E-state index in [-0.39, 0.29) is 11.6 Å². The zero-order chi connectivity index (χ0) is 12.8. The Kier molecular flexibility index (Phi) is 4.05. The minimum Gasteiger partial charge on any atom is -0.352 e. The lowest BCUT2D eigenvalue weighted by Gasteiger charge is -2.04. The SMILES string of the molecule is N#Cc1cc(C(=O)NCCc2cccs2)ccn1. The minimum atomic E-state index is -0.176. The summed E-state index contributed by atoms with van der Waals surface area (Å²) in [4.78, 5) is 16.9. The first-order valence-corrected chi connectivity index (χ1v) is 6.34. The number of nitrogens with zero attached hydrogens (tertiary/aromatic N) is 2. The maximum absolute atomic E-state index is 11.8. The van der Waals surface area contributed by atoms with Gasteiger partial charge in [0.05, 0.1) is 0 Å². The number of rotatable bonds is 4. The summed E-state index contributed by atoms with van der Waals surface area (Å²) in [6.45, 7) is 0.587. The third-order valence-corrected chi connectivity index (χ3v) is 3.31. The van der Waals surface area contributed by atoms with Crippen molar-refractivity contribution in [2.75, 3.05) is 6.54 Å². The molecule has 1 amide bonds. The van der Waals surface area contributed by atoms with Gasteiger partial charge in [-0.15, -0.1) is 11.3 Å². The third-order valence-electron chi connectivity index (χ3n) is 2.37. The van der Waals surface area contributed by atoms with E-state index in [2.05, 4.69) is 10.3 Å². The smallest absolute Gasteiger partial charge is 0.251 e. The van der Waals surface area contributed by atoms with Gasteiger partial charge in [0, 0.05) is 23.2 Å². The molecule has 1 N–H and O–H groups in total. The van der Waals surface area contributed by atoms with Crippen molar-refractivity contribution in [3.63, 3.8) is 0 Å². The Labute approximate surface area is 109 Å². The Morgan fingerprint density at radius 1 is 1.50 bits per heavy atom. The number of pyridine rings is 1. The van der Waals surface area contributed by atoms with E-state index in [1.54, 1.807) is 17.4 Å². The van der Waals surface area contributed by atoms with Crippen molar-refractivity contribution in [1.82, 2.24) is 10.3 Å². The van der Waals surface area contributed by atoms with Crippen LogP contribution in [0.25, 0.3) is 0 Å². The average molecular weight is 257 g/mol. The fourth-order valence-corrected chi connectivity index (χ4v) is 2.20. The monoisotopic (exact) mass is 257 g/mol. The fourth-order valence-electron chi connectivity index (χ4n) is 1.49. The molecule has 2 heterocycles. The van der Waals surface area contributed by atoms with Crippen molar-refractivity contribution in [2.24, 2.45) is 0 Å². The Morgan fingerprint density at radius 3 is 3.11 bits per heavy atom. The van der Waals surface area contributed by atoms with Gasteiger partial charge in [-0.2, -0.15) is 5.26 Å². The van der Waals surface area contributed by atoms with Gasteiger partial charge in [-0.1, -0.05) is 6.07 Å². The summed E-state index contributed by atoms with van der Waals surface area (Å²) in [6.07, 6.45) is 2.28. The van der Waals surface area contributed by atoms with Crippen molar-refractivity contribution >= 4 is 17.2 Å². The zero-order valence-electron chi connectivity index (χ0n) is 9.59. The summed E-state index contributed by atoms with van der Waals surface area (Å²) < 4.78 is 0. The molecule has 18 heavy (non-hydrogen) atoms. The van der Waals surface area contributed by atoms with E-state index in [1.807, 2.05) is 23.6 Å². The molecule has 0 fully saturated rings. The number of hydrogen-bond donors (Lipinski definition) is 1. The molecule has 0 atom stereocenters. The largest absolute Gasteiger partial charge is 0.352 e. The highest BCUT2D eigenvalue weighted by atomic mass is 32.1. The van der Waals surface area contributed by atoms with Crippen LogP contribution in [0.3, 0.4) is 0 Å². The van der Waals surface area contributed by atoms with Gasteiger partial charge in [0.1, 0.15) is 11.8 Å². The van der Waals surface area contributed by atoms with Crippen LogP contribution >= 0.6 is 11.3 Å². The first kappa shape index (κ1) is 12.3. The standard InChI is InChI=1S/C13H11N3OS/c14-9-11-8-10(3-5-15-11)13(17)16-6-4-12-2-1-7-18-12/h1-3,5,7-8H,4,6H2,(H,16,17). The number of nitriles is 1. The van der Waals surface area contributed by atoms with Gasteiger partial charge < -0.3 is 5.32 Å². The number of thiophene rings is 1. The molecule has 0 radical (unpaired) electrons. The lowest BCUT2D eigenvalue weighted by molar-refractivity contribution is 0.0954. The lowest BCUT2D eigenvalue weighted by atomic mass is 10.2. The molecule has 0 saturated heterocycles. The van der Waals surface area contributed by atoms with E-state index in [0.717, 1.165) is 6.42 Å². The van der Waals surface area contributed by atoms with Crippen LogP contribution in [0.5, 0.6) is 0 Å². The highest BCUT2D eigenvalue weighted by Gasteiger charge is 2.06. The predicted molar refractivity (Wildman–Crippen MR) is 69.3 cm³/mol. The zero-order valence-corrected chi connectivity index (χ0v) is 10.4. The molecule has 0 unspecified atom stereocenters. The molecule has 0 aliphatic heterocycles. The molecule has 90 valence electrons. The molecular weight excluding hydrogens is 246 g/mol. The van der Waals surface area contributed by atoms with Crippen molar-refractivity contribution < 1.29 is 4.79 Å². The van der Waals surface area contributed by atoms with Gasteiger partial charge in [-0.25, -0.2) is 4.98 Å². The van der Waals surface area contributed by atoms with Gasteiger partial charge in [0.25, 0.3) is 5.91 Å². The molecule has 0 saturated carbocycles. The second-order valence-corrected chi connectivity index (χ2v) is 4.66. The third kappa shape index (κ3) is 3.15. The summed E-state index contributed by atoms with van der Waals surface area (Å²) in [7, 11) is 0. The first-order chi connectivity index (χ1) is 8.79. The van der Waals surface area contributed by atoms with Crippen LogP contribution in [-0.2, 0) is 6.42 Å². The van der Waals surface area contributed by atoms with Crippen molar-refractivity contribution in [2.45, 2.75) is 6.42 Å². The second kappa shape index (κ2) is 5.94. The Balaban J connectivity index is 1.89. The second-order valence-electron chi connectivity index (χ2n) is 3.63. The molecule has 0 spiro atoms. The molecule has 2 rings (SSSR count). The van der Waals surface area contributed by atoms with Crippen LogP contribution in [0.4, 0.5) is 0 Å². The van der Waals surface area contributed by atoms with Crippen LogP contribution in [-0.4, -0.2) is 17.4 Å².